The van der Waals surface area contributed by atoms with Crippen LogP contribution in [0.4, 0.5) is 18.9 Å². The summed E-state index contributed by atoms with van der Waals surface area (Å²) >= 11 is 0. The molecule has 0 spiro atoms. The van der Waals surface area contributed by atoms with Gasteiger partial charge >= 0.3 is 6.18 Å². The van der Waals surface area contributed by atoms with Crippen LogP contribution in [0.1, 0.15) is 40.6 Å². The molecule has 1 amide bonds. The second kappa shape index (κ2) is 6.45. The number of carbonyl (C=O) groups is 1. The van der Waals surface area contributed by atoms with E-state index in [9.17, 15) is 18.0 Å². The number of hydrogen-bond donors (Lipinski definition) is 1. The zero-order valence-corrected chi connectivity index (χ0v) is 13.8. The molecule has 1 fully saturated rings. The highest BCUT2D eigenvalue weighted by Gasteiger charge is 2.38. The van der Waals surface area contributed by atoms with Crippen molar-refractivity contribution in [3.05, 3.63) is 60.1 Å². The maximum Gasteiger partial charge on any atom is 0.435 e. The molecule has 1 aliphatic rings. The number of hydrogen-bond acceptors (Lipinski definition) is 5. The Morgan fingerprint density at radius 1 is 1.15 bits per heavy atom. The number of aromatic nitrogens is 5. The molecule has 1 N–H and O–H groups in total. The Morgan fingerprint density at radius 3 is 2.56 bits per heavy atom. The summed E-state index contributed by atoms with van der Waals surface area (Å²) in [5, 5.41) is 6.28. The van der Waals surface area contributed by atoms with Crippen LogP contribution in [0.2, 0.25) is 0 Å². The number of halogens is 3. The van der Waals surface area contributed by atoms with Gasteiger partial charge in [0.25, 0.3) is 5.91 Å². The zero-order valence-electron chi connectivity index (χ0n) is 13.8. The van der Waals surface area contributed by atoms with Crippen LogP contribution in [-0.4, -0.2) is 30.6 Å². The van der Waals surface area contributed by atoms with E-state index < -0.39 is 17.8 Å². The number of amides is 1. The van der Waals surface area contributed by atoms with E-state index in [1.165, 1.54) is 35.5 Å². The zero-order chi connectivity index (χ0) is 19.0. The van der Waals surface area contributed by atoms with Gasteiger partial charge in [-0.05, 0) is 31.0 Å². The summed E-state index contributed by atoms with van der Waals surface area (Å²) in [6.07, 6.45) is 2.66. The molecule has 0 radical (unpaired) electrons. The Balaban J connectivity index is 1.57. The van der Waals surface area contributed by atoms with Gasteiger partial charge in [-0.1, -0.05) is 0 Å². The summed E-state index contributed by atoms with van der Waals surface area (Å²) in [7, 11) is 0. The highest BCUT2D eigenvalue weighted by molar-refractivity contribution is 6.02. The van der Waals surface area contributed by atoms with Gasteiger partial charge in [0.1, 0.15) is 5.69 Å². The lowest BCUT2D eigenvalue weighted by molar-refractivity contribution is -0.141. The van der Waals surface area contributed by atoms with E-state index in [2.05, 4.69) is 25.4 Å². The normalized spacial score (nSPS) is 14.2. The standard InChI is InChI=1S/C17H13F3N6O/c18-17(19,20)14-7-13(10-1-2-10)26(25-14)15-4-3-11(8-23-15)24-16(27)12-9-21-5-6-22-12/h3-10H,1-2H2,(H,24,27). The third-order valence-electron chi connectivity index (χ3n) is 4.04. The van der Waals surface area contributed by atoms with Crippen molar-refractivity contribution >= 4 is 11.6 Å². The van der Waals surface area contributed by atoms with E-state index >= 15 is 0 Å². The van der Waals surface area contributed by atoms with E-state index in [4.69, 9.17) is 0 Å². The summed E-state index contributed by atoms with van der Waals surface area (Å²) in [4.78, 5) is 23.9. The van der Waals surface area contributed by atoms with Gasteiger partial charge in [0.2, 0.25) is 0 Å². The van der Waals surface area contributed by atoms with Crippen LogP contribution in [0.3, 0.4) is 0 Å². The molecule has 0 atom stereocenters. The fourth-order valence-electron chi connectivity index (χ4n) is 2.58. The Bertz CT molecular complexity index is 965. The molecule has 27 heavy (non-hydrogen) atoms. The lowest BCUT2D eigenvalue weighted by atomic mass is 10.2. The smallest absolute Gasteiger partial charge is 0.319 e. The molecule has 0 aromatic carbocycles. The van der Waals surface area contributed by atoms with Crippen molar-refractivity contribution < 1.29 is 18.0 Å². The molecule has 138 valence electrons. The Hall–Kier alpha value is -3.30. The van der Waals surface area contributed by atoms with E-state index in [-0.39, 0.29) is 17.4 Å². The van der Waals surface area contributed by atoms with Crippen LogP contribution in [0, 0.1) is 0 Å². The van der Waals surface area contributed by atoms with Gasteiger partial charge in [-0.2, -0.15) is 18.3 Å². The highest BCUT2D eigenvalue weighted by Crippen LogP contribution is 2.42. The van der Waals surface area contributed by atoms with Crippen LogP contribution in [0.15, 0.2) is 43.0 Å². The third kappa shape index (κ3) is 3.64. The number of carbonyl (C=O) groups excluding carboxylic acids is 1. The maximum absolute atomic E-state index is 13.0. The SMILES string of the molecule is O=C(Nc1ccc(-n2nc(C(F)(F)F)cc2C2CC2)nc1)c1cnccn1. The van der Waals surface area contributed by atoms with E-state index in [1.807, 2.05) is 0 Å². The van der Waals surface area contributed by atoms with Gasteiger partial charge in [-0.3, -0.25) is 9.78 Å². The van der Waals surface area contributed by atoms with Gasteiger partial charge in [-0.25, -0.2) is 14.6 Å². The molecule has 1 saturated carbocycles. The molecule has 10 heteroatoms. The first-order chi connectivity index (χ1) is 12.9. The summed E-state index contributed by atoms with van der Waals surface area (Å²) in [6, 6.07) is 4.12. The first-order valence-corrected chi connectivity index (χ1v) is 8.13. The van der Waals surface area contributed by atoms with E-state index in [0.29, 0.717) is 11.4 Å². The molecule has 7 nitrogen and oxygen atoms in total. The number of nitrogens with zero attached hydrogens (tertiary/aromatic N) is 5. The molecule has 3 heterocycles. The lowest BCUT2D eigenvalue weighted by Gasteiger charge is -2.08. The average molecular weight is 374 g/mol. The summed E-state index contributed by atoms with van der Waals surface area (Å²) < 4.78 is 40.2. The molecule has 0 aliphatic heterocycles. The number of rotatable bonds is 4. The lowest BCUT2D eigenvalue weighted by Crippen LogP contribution is -2.14. The third-order valence-corrected chi connectivity index (χ3v) is 4.04. The van der Waals surface area contributed by atoms with Crippen LogP contribution in [0.25, 0.3) is 5.82 Å². The minimum atomic E-state index is -4.51. The number of nitrogens with one attached hydrogen (secondary N) is 1. The van der Waals surface area contributed by atoms with Crippen molar-refractivity contribution in [2.24, 2.45) is 0 Å². The van der Waals surface area contributed by atoms with Crippen molar-refractivity contribution in [3.63, 3.8) is 0 Å². The summed E-state index contributed by atoms with van der Waals surface area (Å²) in [5.41, 5.74) is 0.0717. The van der Waals surface area contributed by atoms with Crippen molar-refractivity contribution in [3.8, 4) is 5.82 Å². The molecule has 4 rings (SSSR count). The van der Waals surface area contributed by atoms with Gasteiger partial charge in [0, 0.05) is 24.0 Å². The van der Waals surface area contributed by atoms with Crippen molar-refractivity contribution in [1.29, 1.82) is 0 Å². The van der Waals surface area contributed by atoms with Crippen LogP contribution < -0.4 is 5.32 Å². The summed E-state index contributed by atoms with van der Waals surface area (Å²) in [5.74, 6) is -0.147. The fourth-order valence-corrected chi connectivity index (χ4v) is 2.58. The van der Waals surface area contributed by atoms with Gasteiger partial charge < -0.3 is 5.32 Å². The molecule has 3 aromatic heterocycles. The predicted molar refractivity (Wildman–Crippen MR) is 88.3 cm³/mol. The highest BCUT2D eigenvalue weighted by atomic mass is 19.4. The Labute approximate surface area is 151 Å². The van der Waals surface area contributed by atoms with Gasteiger partial charge in [0.05, 0.1) is 18.1 Å². The molecular weight excluding hydrogens is 361 g/mol. The molecule has 0 unspecified atom stereocenters. The molecule has 1 aliphatic carbocycles. The van der Waals surface area contributed by atoms with E-state index in [0.717, 1.165) is 18.9 Å². The largest absolute Gasteiger partial charge is 0.435 e. The molecule has 3 aromatic rings. The van der Waals surface area contributed by atoms with Crippen molar-refractivity contribution in [2.75, 3.05) is 5.32 Å². The Morgan fingerprint density at radius 2 is 1.96 bits per heavy atom. The average Bonchev–Trinajstić information content (AvgIpc) is 3.40. The first kappa shape index (κ1) is 17.1. The molecule has 0 bridgehead atoms. The molecular formula is C17H13F3N6O. The monoisotopic (exact) mass is 374 g/mol. The number of alkyl halides is 3. The van der Waals surface area contributed by atoms with Crippen LogP contribution in [-0.2, 0) is 6.18 Å². The van der Waals surface area contributed by atoms with Gasteiger partial charge in [0.15, 0.2) is 11.5 Å². The maximum atomic E-state index is 13.0. The summed E-state index contributed by atoms with van der Waals surface area (Å²) in [6.45, 7) is 0. The minimum Gasteiger partial charge on any atom is -0.319 e. The second-order valence-corrected chi connectivity index (χ2v) is 6.09. The van der Waals surface area contributed by atoms with Crippen LogP contribution >= 0.6 is 0 Å². The van der Waals surface area contributed by atoms with Gasteiger partial charge in [-0.15, -0.1) is 0 Å². The first-order valence-electron chi connectivity index (χ1n) is 8.13. The number of anilines is 1. The number of pyridine rings is 1. The fraction of sp³-hybridized carbons (Fsp3) is 0.235. The Kier molecular flexibility index (Phi) is 4.09. The van der Waals surface area contributed by atoms with E-state index in [1.54, 1.807) is 6.07 Å². The molecule has 0 saturated heterocycles. The van der Waals surface area contributed by atoms with Crippen molar-refractivity contribution in [2.45, 2.75) is 24.9 Å². The second-order valence-electron chi connectivity index (χ2n) is 6.09. The quantitative estimate of drug-likeness (QED) is 0.758. The minimum absolute atomic E-state index is 0.0615. The topological polar surface area (TPSA) is 85.6 Å². The predicted octanol–water partition coefficient (Wildman–Crippen LogP) is 3.21. The van der Waals surface area contributed by atoms with Crippen molar-refractivity contribution in [1.82, 2.24) is 24.7 Å². The van der Waals surface area contributed by atoms with Crippen LogP contribution in [0.5, 0.6) is 0 Å².